The van der Waals surface area contributed by atoms with Gasteiger partial charge in [0.15, 0.2) is 0 Å². The van der Waals surface area contributed by atoms with Crippen molar-refractivity contribution in [1.82, 2.24) is 0 Å². The molecule has 0 amide bonds. The van der Waals surface area contributed by atoms with E-state index in [2.05, 4.69) is 42.2 Å². The summed E-state index contributed by atoms with van der Waals surface area (Å²) in [6.45, 7) is 8.51. The van der Waals surface area contributed by atoms with E-state index in [4.69, 9.17) is 6.93 Å². The zero-order valence-electron chi connectivity index (χ0n) is 16.1. The van der Waals surface area contributed by atoms with Gasteiger partial charge in [0.05, 0.1) is 0 Å². The number of halogens is 2. The molecule has 1 heterocycles. The predicted octanol–water partition coefficient (Wildman–Crippen LogP) is 5.60. The molecule has 0 N–H and O–H groups in total. The average Bonchev–Trinajstić information content (AvgIpc) is 3.11. The summed E-state index contributed by atoms with van der Waals surface area (Å²) in [5.41, 5.74) is 0.998. The van der Waals surface area contributed by atoms with Crippen molar-refractivity contribution in [3.8, 4) is 0 Å². The molecule has 0 radical (unpaired) electrons. The van der Waals surface area contributed by atoms with Crippen molar-refractivity contribution in [2.24, 2.45) is 0 Å². The molecular formula is C20H22I2O4SSi. The van der Waals surface area contributed by atoms with Gasteiger partial charge in [-0.15, -0.1) is 0 Å². The predicted molar refractivity (Wildman–Crippen MR) is 132 cm³/mol. The van der Waals surface area contributed by atoms with Crippen LogP contribution in [-0.4, -0.2) is 16.5 Å². The van der Waals surface area contributed by atoms with E-state index < -0.39 is 38.4 Å². The molecule has 0 saturated heterocycles. The second-order valence-corrected chi connectivity index (χ2v) is 19.9. The minimum atomic E-state index is -3.89. The topological polar surface area (TPSA) is 56.5 Å². The summed E-state index contributed by atoms with van der Waals surface area (Å²) in [6, 6.07) is 18.4. The van der Waals surface area contributed by atoms with Gasteiger partial charge in [0.2, 0.25) is 0 Å². The number of benzene rings is 2. The molecular weight excluding hydrogens is 618 g/mol. The Morgan fingerprint density at radius 3 is 2.07 bits per heavy atom. The van der Waals surface area contributed by atoms with E-state index in [-0.39, 0.29) is 4.90 Å². The first kappa shape index (κ1) is 22.0. The van der Waals surface area contributed by atoms with E-state index in [9.17, 15) is 8.42 Å². The Bertz CT molecular complexity index is 1050. The van der Waals surface area contributed by atoms with Gasteiger partial charge < -0.3 is 0 Å². The Labute approximate surface area is 188 Å². The summed E-state index contributed by atoms with van der Waals surface area (Å²) in [4.78, 5) is 0.169. The molecule has 1 aromatic heterocycles. The van der Waals surface area contributed by atoms with Gasteiger partial charge in [-0.3, -0.25) is 0 Å². The maximum atomic E-state index is 13.0. The van der Waals surface area contributed by atoms with E-state index in [1.807, 2.05) is 43.3 Å². The first-order valence-electron chi connectivity index (χ1n) is 8.64. The summed E-state index contributed by atoms with van der Waals surface area (Å²) in [5, 5.41) is 0.951. The van der Waals surface area contributed by atoms with Crippen LogP contribution in [0.4, 0.5) is 0 Å². The fraction of sp³-hybridized carbons (Fsp3) is 0.200. The number of rotatable bonds is 6. The fourth-order valence-electron chi connectivity index (χ4n) is 2.35. The van der Waals surface area contributed by atoms with Crippen LogP contribution in [0.3, 0.4) is 0 Å². The van der Waals surface area contributed by atoms with Crippen molar-refractivity contribution in [3.63, 3.8) is 0 Å². The van der Waals surface area contributed by atoms with Gasteiger partial charge in [-0.05, 0) is 0 Å². The van der Waals surface area contributed by atoms with Gasteiger partial charge in [-0.2, -0.15) is 0 Å². The molecule has 0 saturated carbocycles. The molecule has 0 aliphatic rings. The molecule has 0 fully saturated rings. The molecule has 3 rings (SSSR count). The van der Waals surface area contributed by atoms with E-state index in [1.165, 1.54) is 0 Å². The molecule has 28 heavy (non-hydrogen) atoms. The Balaban J connectivity index is 2.02. The SMILES string of the molecule is Cc1ccc(S(=O)(=O)OI(c2ccc(I)cc2)c2ccc([Si](C)(C)C)o2)cc1. The van der Waals surface area contributed by atoms with E-state index in [0.717, 1.165) is 18.1 Å². The number of aryl methyl sites for hydroxylation is 1. The van der Waals surface area contributed by atoms with Gasteiger partial charge in [0.1, 0.15) is 0 Å². The number of furan rings is 1. The number of hydrogen-bond acceptors (Lipinski definition) is 4. The van der Waals surface area contributed by atoms with Crippen LogP contribution >= 0.6 is 42.8 Å². The Hall–Kier alpha value is -0.693. The minimum absolute atomic E-state index is 0.169. The van der Waals surface area contributed by atoms with Crippen molar-refractivity contribution in [2.45, 2.75) is 31.5 Å². The molecule has 0 atom stereocenters. The summed E-state index contributed by atoms with van der Waals surface area (Å²) in [7, 11) is -5.53. The first-order valence-corrected chi connectivity index (χ1v) is 17.7. The average molecular weight is 640 g/mol. The molecule has 0 aliphatic heterocycles. The third-order valence-electron chi connectivity index (χ3n) is 3.94. The zero-order valence-corrected chi connectivity index (χ0v) is 22.2. The summed E-state index contributed by atoms with van der Waals surface area (Å²) < 4.78 is 40.5. The van der Waals surface area contributed by atoms with Gasteiger partial charge in [0, 0.05) is 0 Å². The standard InChI is InChI=1S/C20H22I2O4SSi/c1-15-5-11-18(12-6-15)27(23,24)26-22(17-9-7-16(21)8-10-17)19-13-14-20(25-19)28(2,3)4/h5-14H,1-4H3. The molecule has 8 heteroatoms. The molecule has 2 aromatic carbocycles. The van der Waals surface area contributed by atoms with Crippen molar-refractivity contribution in [2.75, 3.05) is 0 Å². The van der Waals surface area contributed by atoms with Gasteiger partial charge in [-0.1, -0.05) is 0 Å². The Morgan fingerprint density at radius 2 is 1.54 bits per heavy atom. The van der Waals surface area contributed by atoms with E-state index in [1.54, 1.807) is 24.3 Å². The van der Waals surface area contributed by atoms with Crippen LogP contribution in [0.2, 0.25) is 19.6 Å². The van der Waals surface area contributed by atoms with E-state index >= 15 is 0 Å². The van der Waals surface area contributed by atoms with Crippen molar-refractivity contribution >= 4 is 66.4 Å². The molecule has 0 bridgehead atoms. The first-order chi connectivity index (χ1) is 13.1. The molecule has 3 aromatic rings. The fourth-order valence-corrected chi connectivity index (χ4v) is 10.5. The third kappa shape index (κ3) is 5.26. The van der Waals surface area contributed by atoms with Crippen LogP contribution in [-0.2, 0) is 12.6 Å². The third-order valence-corrected chi connectivity index (χ3v) is 13.4. The molecule has 0 spiro atoms. The van der Waals surface area contributed by atoms with Gasteiger partial charge in [0.25, 0.3) is 0 Å². The monoisotopic (exact) mass is 640 g/mol. The second-order valence-electron chi connectivity index (χ2n) is 7.37. The second kappa shape index (κ2) is 8.58. The van der Waals surface area contributed by atoms with Crippen LogP contribution in [0.1, 0.15) is 5.56 Å². The zero-order chi connectivity index (χ0) is 20.5. The maximum absolute atomic E-state index is 13.0. The van der Waals surface area contributed by atoms with Crippen molar-refractivity contribution < 1.29 is 15.3 Å². The quantitative estimate of drug-likeness (QED) is 0.260. The van der Waals surface area contributed by atoms with Crippen LogP contribution < -0.4 is 5.38 Å². The van der Waals surface area contributed by atoms with Crippen LogP contribution in [0.25, 0.3) is 0 Å². The molecule has 0 aliphatic carbocycles. The van der Waals surface area contributed by atoms with Crippen LogP contribution in [0, 0.1) is 17.8 Å². The molecule has 150 valence electrons. The number of hydrogen-bond donors (Lipinski definition) is 0. The van der Waals surface area contributed by atoms with Crippen LogP contribution in [0.5, 0.6) is 0 Å². The van der Waals surface area contributed by atoms with Crippen LogP contribution in [0.15, 0.2) is 70.0 Å². The summed E-state index contributed by atoms with van der Waals surface area (Å²) >= 11 is -0.555. The van der Waals surface area contributed by atoms with E-state index in [0.29, 0.717) is 3.77 Å². The Kier molecular flexibility index (Phi) is 6.74. The van der Waals surface area contributed by atoms with Crippen molar-refractivity contribution in [3.05, 3.63) is 77.1 Å². The Morgan fingerprint density at radius 1 is 0.929 bits per heavy atom. The summed E-state index contributed by atoms with van der Waals surface area (Å²) in [5.74, 6) is 0. The van der Waals surface area contributed by atoms with Gasteiger partial charge >= 0.3 is 190 Å². The van der Waals surface area contributed by atoms with Gasteiger partial charge in [-0.25, -0.2) is 0 Å². The van der Waals surface area contributed by atoms with Crippen molar-refractivity contribution in [1.29, 1.82) is 0 Å². The summed E-state index contributed by atoms with van der Waals surface area (Å²) in [6.07, 6.45) is 0. The normalized spacial score (nSPS) is 12.8. The molecule has 0 unspecified atom stereocenters. The molecule has 4 nitrogen and oxygen atoms in total.